The van der Waals surface area contributed by atoms with Crippen molar-refractivity contribution < 1.29 is 9.21 Å². The number of allylic oxidation sites excluding steroid dienone is 3. The average molecular weight is 365 g/mol. The van der Waals surface area contributed by atoms with Crippen molar-refractivity contribution in [2.75, 3.05) is 0 Å². The van der Waals surface area contributed by atoms with Crippen molar-refractivity contribution in [2.24, 2.45) is 0 Å². The maximum absolute atomic E-state index is 12.2. The Labute approximate surface area is 137 Å². The first-order chi connectivity index (χ1) is 10.1. The smallest absolute Gasteiger partial charge is 0.195 e. The standard InChI is InChI=1S/C17H17BrO2S/c1-3-5-16-14(18)11-17(21-16)15(19)8-7-12(2)10-13-6-4-9-20-13/h4,6-11H,3,5H2,1-2H3/b8-7+,12-10+. The molecule has 0 saturated heterocycles. The van der Waals surface area contributed by atoms with Gasteiger partial charge in [0, 0.05) is 9.35 Å². The van der Waals surface area contributed by atoms with E-state index in [1.165, 1.54) is 4.88 Å². The molecule has 21 heavy (non-hydrogen) atoms. The van der Waals surface area contributed by atoms with Gasteiger partial charge in [0.15, 0.2) is 5.78 Å². The van der Waals surface area contributed by atoms with Crippen LogP contribution in [0.5, 0.6) is 0 Å². The SMILES string of the molecule is CCCc1sc(C(=O)/C=C/C(C)=C/c2ccco2)cc1Br. The minimum atomic E-state index is 0.0373. The molecule has 2 aromatic rings. The molecule has 0 aromatic carbocycles. The lowest BCUT2D eigenvalue weighted by atomic mass is 10.2. The molecule has 2 nitrogen and oxygen atoms in total. The third kappa shape index (κ3) is 4.55. The summed E-state index contributed by atoms with van der Waals surface area (Å²) in [6.45, 7) is 4.08. The van der Waals surface area contributed by atoms with Gasteiger partial charge < -0.3 is 4.42 Å². The minimum Gasteiger partial charge on any atom is -0.465 e. The number of thiophene rings is 1. The Morgan fingerprint density at radius 3 is 2.90 bits per heavy atom. The molecule has 0 amide bonds. The molecule has 0 spiro atoms. The molecule has 0 radical (unpaired) electrons. The van der Waals surface area contributed by atoms with Crippen LogP contribution in [-0.4, -0.2) is 5.78 Å². The molecule has 0 unspecified atom stereocenters. The number of furan rings is 1. The summed E-state index contributed by atoms with van der Waals surface area (Å²) in [6, 6.07) is 5.63. The van der Waals surface area contributed by atoms with Crippen molar-refractivity contribution in [1.29, 1.82) is 0 Å². The van der Waals surface area contributed by atoms with Crippen LogP contribution in [0.4, 0.5) is 0 Å². The normalized spacial score (nSPS) is 12.2. The van der Waals surface area contributed by atoms with Crippen molar-refractivity contribution in [1.82, 2.24) is 0 Å². The summed E-state index contributed by atoms with van der Waals surface area (Å²) < 4.78 is 6.28. The highest BCUT2D eigenvalue weighted by molar-refractivity contribution is 9.10. The molecule has 0 aliphatic carbocycles. The second-order valence-corrected chi connectivity index (χ2v) is 6.72. The summed E-state index contributed by atoms with van der Waals surface area (Å²) in [4.78, 5) is 14.2. The fourth-order valence-corrected chi connectivity index (χ4v) is 3.76. The third-order valence-electron chi connectivity index (χ3n) is 2.89. The van der Waals surface area contributed by atoms with Crippen molar-refractivity contribution in [3.8, 4) is 0 Å². The second-order valence-electron chi connectivity index (χ2n) is 4.73. The molecular formula is C17H17BrO2S. The lowest BCUT2D eigenvalue weighted by Crippen LogP contribution is -1.89. The number of hydrogen-bond acceptors (Lipinski definition) is 3. The predicted octanol–water partition coefficient (Wildman–Crippen LogP) is 5.90. The number of carbonyl (C=O) groups excluding carboxylic acids is 1. The molecule has 0 atom stereocenters. The van der Waals surface area contributed by atoms with E-state index in [1.54, 1.807) is 23.7 Å². The van der Waals surface area contributed by atoms with Crippen LogP contribution in [0.15, 0.2) is 51.1 Å². The predicted molar refractivity (Wildman–Crippen MR) is 91.8 cm³/mol. The summed E-state index contributed by atoms with van der Waals surface area (Å²) in [6.07, 6.45) is 9.04. The summed E-state index contributed by atoms with van der Waals surface area (Å²) in [7, 11) is 0. The van der Waals surface area contributed by atoms with Crippen LogP contribution in [0.25, 0.3) is 6.08 Å². The van der Waals surface area contributed by atoms with Crippen molar-refractivity contribution in [3.05, 3.63) is 62.2 Å². The number of aryl methyl sites for hydroxylation is 1. The topological polar surface area (TPSA) is 30.2 Å². The van der Waals surface area contributed by atoms with Crippen LogP contribution in [0.1, 0.15) is 40.6 Å². The van der Waals surface area contributed by atoms with Gasteiger partial charge in [-0.3, -0.25) is 4.79 Å². The molecule has 0 bridgehead atoms. The van der Waals surface area contributed by atoms with E-state index in [-0.39, 0.29) is 5.78 Å². The molecule has 2 rings (SSSR count). The lowest BCUT2D eigenvalue weighted by molar-refractivity contribution is 0.105. The number of hydrogen-bond donors (Lipinski definition) is 0. The van der Waals surface area contributed by atoms with Gasteiger partial charge >= 0.3 is 0 Å². The fraction of sp³-hybridized carbons (Fsp3) is 0.235. The van der Waals surface area contributed by atoms with Crippen LogP contribution in [0.2, 0.25) is 0 Å². The number of halogens is 1. The molecule has 0 saturated carbocycles. The molecule has 0 aliphatic heterocycles. The Hall–Kier alpha value is -1.39. The zero-order valence-corrected chi connectivity index (χ0v) is 14.5. The van der Waals surface area contributed by atoms with Gasteiger partial charge in [0.05, 0.1) is 11.1 Å². The Balaban J connectivity index is 2.07. The molecule has 0 fully saturated rings. The van der Waals surface area contributed by atoms with Crippen LogP contribution < -0.4 is 0 Å². The number of rotatable bonds is 6. The Kier molecular flexibility index (Phi) is 5.76. The number of carbonyl (C=O) groups is 1. The van der Waals surface area contributed by atoms with Crippen LogP contribution in [-0.2, 0) is 6.42 Å². The van der Waals surface area contributed by atoms with E-state index < -0.39 is 0 Å². The van der Waals surface area contributed by atoms with Crippen molar-refractivity contribution in [3.63, 3.8) is 0 Å². The van der Waals surface area contributed by atoms with E-state index in [4.69, 9.17) is 4.42 Å². The Morgan fingerprint density at radius 2 is 2.24 bits per heavy atom. The average Bonchev–Trinajstić information content (AvgIpc) is 3.07. The minimum absolute atomic E-state index is 0.0373. The molecule has 110 valence electrons. The Morgan fingerprint density at radius 1 is 1.43 bits per heavy atom. The zero-order valence-electron chi connectivity index (χ0n) is 12.1. The van der Waals surface area contributed by atoms with Crippen molar-refractivity contribution >= 4 is 39.1 Å². The highest BCUT2D eigenvalue weighted by Crippen LogP contribution is 2.29. The van der Waals surface area contributed by atoms with Crippen LogP contribution in [0, 0.1) is 0 Å². The molecule has 2 heterocycles. The zero-order chi connectivity index (χ0) is 15.2. The van der Waals surface area contributed by atoms with E-state index in [0.29, 0.717) is 0 Å². The largest absolute Gasteiger partial charge is 0.465 e. The highest BCUT2D eigenvalue weighted by atomic mass is 79.9. The molecule has 4 heteroatoms. The molecule has 2 aromatic heterocycles. The van der Waals surface area contributed by atoms with Crippen LogP contribution in [0.3, 0.4) is 0 Å². The van der Waals surface area contributed by atoms with Crippen LogP contribution >= 0.6 is 27.3 Å². The number of ketones is 1. The summed E-state index contributed by atoms with van der Waals surface area (Å²) in [5.41, 5.74) is 0.975. The maximum Gasteiger partial charge on any atom is 0.195 e. The third-order valence-corrected chi connectivity index (χ3v) is 5.07. The second kappa shape index (κ2) is 7.57. The van der Waals surface area contributed by atoms with Gasteiger partial charge in [-0.05, 0) is 65.2 Å². The van der Waals surface area contributed by atoms with Gasteiger partial charge in [0.2, 0.25) is 0 Å². The molecular weight excluding hydrogens is 348 g/mol. The first-order valence-corrected chi connectivity index (χ1v) is 8.43. The van der Waals surface area contributed by atoms with Gasteiger partial charge in [0.1, 0.15) is 5.76 Å². The molecule has 0 N–H and O–H groups in total. The van der Waals surface area contributed by atoms with E-state index in [1.807, 2.05) is 37.3 Å². The van der Waals surface area contributed by atoms with Gasteiger partial charge in [-0.1, -0.05) is 19.4 Å². The fourth-order valence-electron chi connectivity index (χ4n) is 1.86. The van der Waals surface area contributed by atoms with Gasteiger partial charge in [-0.2, -0.15) is 0 Å². The van der Waals surface area contributed by atoms with E-state index in [2.05, 4.69) is 22.9 Å². The van der Waals surface area contributed by atoms with E-state index in [9.17, 15) is 4.79 Å². The molecule has 0 aliphatic rings. The monoisotopic (exact) mass is 364 g/mol. The van der Waals surface area contributed by atoms with Gasteiger partial charge in [0.25, 0.3) is 0 Å². The summed E-state index contributed by atoms with van der Waals surface area (Å²) in [5, 5.41) is 0. The highest BCUT2D eigenvalue weighted by Gasteiger charge is 2.10. The Bertz CT molecular complexity index is 663. The summed E-state index contributed by atoms with van der Waals surface area (Å²) >= 11 is 5.08. The maximum atomic E-state index is 12.2. The van der Waals surface area contributed by atoms with E-state index in [0.717, 1.165) is 33.5 Å². The van der Waals surface area contributed by atoms with Crippen molar-refractivity contribution in [2.45, 2.75) is 26.7 Å². The quantitative estimate of drug-likeness (QED) is 0.363. The lowest BCUT2D eigenvalue weighted by Gasteiger charge is -1.92. The van der Waals surface area contributed by atoms with Gasteiger partial charge in [-0.25, -0.2) is 0 Å². The van der Waals surface area contributed by atoms with Gasteiger partial charge in [-0.15, -0.1) is 11.3 Å². The first kappa shape index (κ1) is 16.0. The summed E-state index contributed by atoms with van der Waals surface area (Å²) in [5.74, 6) is 0.823. The van der Waals surface area contributed by atoms with E-state index >= 15 is 0 Å². The first-order valence-electron chi connectivity index (χ1n) is 6.82.